The molecule has 0 radical (unpaired) electrons. The largest absolute Gasteiger partial charge is 0.395 e. The minimum absolute atomic E-state index is 0.118. The van der Waals surface area contributed by atoms with Crippen LogP contribution in [0.1, 0.15) is 12.8 Å². The lowest BCUT2D eigenvalue weighted by molar-refractivity contribution is 0.213. The van der Waals surface area contributed by atoms with E-state index in [0.29, 0.717) is 11.4 Å². The Bertz CT molecular complexity index is 727. The fourth-order valence-electron chi connectivity index (χ4n) is 2.77. The second kappa shape index (κ2) is 5.16. The minimum atomic E-state index is -3.52. The summed E-state index contributed by atoms with van der Waals surface area (Å²) >= 11 is 0. The van der Waals surface area contributed by atoms with Gasteiger partial charge in [-0.3, -0.25) is 0 Å². The fraction of sp³-hybridized carbons (Fsp3) is 0.333. The van der Waals surface area contributed by atoms with Gasteiger partial charge in [0.25, 0.3) is 0 Å². The Morgan fingerprint density at radius 3 is 2.65 bits per heavy atom. The molecule has 2 aromatic rings. The summed E-state index contributed by atoms with van der Waals surface area (Å²) in [7, 11) is -3.52. The number of benzene rings is 2. The van der Waals surface area contributed by atoms with Crippen LogP contribution in [0.5, 0.6) is 0 Å². The molecule has 1 saturated heterocycles. The summed E-state index contributed by atoms with van der Waals surface area (Å²) in [4.78, 5) is 0.302. The van der Waals surface area contributed by atoms with Crippen molar-refractivity contribution in [3.05, 3.63) is 42.5 Å². The number of fused-ring (bicyclic) bond motifs is 1. The molecule has 2 aromatic carbocycles. The van der Waals surface area contributed by atoms with E-state index in [-0.39, 0.29) is 12.6 Å². The van der Waals surface area contributed by atoms with Crippen LogP contribution < -0.4 is 0 Å². The standard InChI is InChI=1S/C15H17NO3S/c17-11-14-6-3-9-16(14)20(18,19)15-8-7-12-4-1-2-5-13(12)10-15/h1-2,4-5,7-8,10,14,17H,3,6,9,11H2. The van der Waals surface area contributed by atoms with Gasteiger partial charge >= 0.3 is 0 Å². The number of rotatable bonds is 3. The Labute approximate surface area is 118 Å². The Hall–Kier alpha value is -1.43. The molecule has 20 heavy (non-hydrogen) atoms. The van der Waals surface area contributed by atoms with Gasteiger partial charge in [-0.2, -0.15) is 4.31 Å². The van der Waals surface area contributed by atoms with Gasteiger partial charge in [0.2, 0.25) is 10.0 Å². The molecular formula is C15H17NO3S. The van der Waals surface area contributed by atoms with E-state index in [1.165, 1.54) is 4.31 Å². The van der Waals surface area contributed by atoms with Crippen molar-refractivity contribution in [2.75, 3.05) is 13.2 Å². The van der Waals surface area contributed by atoms with Crippen molar-refractivity contribution in [1.29, 1.82) is 0 Å². The lowest BCUT2D eigenvalue weighted by Gasteiger charge is -2.22. The lowest BCUT2D eigenvalue weighted by Crippen LogP contribution is -2.37. The van der Waals surface area contributed by atoms with Crippen LogP contribution >= 0.6 is 0 Å². The molecule has 1 heterocycles. The first-order chi connectivity index (χ1) is 9.63. The lowest BCUT2D eigenvalue weighted by atomic mass is 10.1. The van der Waals surface area contributed by atoms with Crippen molar-refractivity contribution in [3.8, 4) is 0 Å². The van der Waals surface area contributed by atoms with Gasteiger partial charge in [-0.15, -0.1) is 0 Å². The van der Waals surface area contributed by atoms with Gasteiger partial charge in [0.15, 0.2) is 0 Å². The molecule has 1 unspecified atom stereocenters. The highest BCUT2D eigenvalue weighted by atomic mass is 32.2. The summed E-state index contributed by atoms with van der Waals surface area (Å²) in [5.74, 6) is 0. The average molecular weight is 291 g/mol. The van der Waals surface area contributed by atoms with Gasteiger partial charge in [-0.25, -0.2) is 8.42 Å². The molecule has 1 N–H and O–H groups in total. The van der Waals surface area contributed by atoms with Crippen LogP contribution in [0.3, 0.4) is 0 Å². The molecule has 0 spiro atoms. The number of sulfonamides is 1. The zero-order chi connectivity index (χ0) is 14.2. The predicted octanol–water partition coefficient (Wildman–Crippen LogP) is 1.99. The Morgan fingerprint density at radius 1 is 1.15 bits per heavy atom. The van der Waals surface area contributed by atoms with Crippen LogP contribution in [-0.2, 0) is 10.0 Å². The topological polar surface area (TPSA) is 57.6 Å². The molecule has 0 aromatic heterocycles. The first-order valence-electron chi connectivity index (χ1n) is 6.74. The summed E-state index contributed by atoms with van der Waals surface area (Å²) in [6.07, 6.45) is 1.53. The minimum Gasteiger partial charge on any atom is -0.395 e. The van der Waals surface area contributed by atoms with E-state index in [1.807, 2.05) is 30.3 Å². The van der Waals surface area contributed by atoms with Crippen LogP contribution in [0.15, 0.2) is 47.4 Å². The normalized spacial score (nSPS) is 20.6. The van der Waals surface area contributed by atoms with Gasteiger partial charge in [0.05, 0.1) is 11.5 Å². The molecule has 5 heteroatoms. The molecule has 1 fully saturated rings. The quantitative estimate of drug-likeness (QED) is 0.941. The molecule has 1 aliphatic heterocycles. The molecule has 0 saturated carbocycles. The van der Waals surface area contributed by atoms with E-state index >= 15 is 0 Å². The number of nitrogens with zero attached hydrogens (tertiary/aromatic N) is 1. The number of aliphatic hydroxyl groups is 1. The summed E-state index contributed by atoms with van der Waals surface area (Å²) in [6.45, 7) is 0.368. The highest BCUT2D eigenvalue weighted by Crippen LogP contribution is 2.27. The first kappa shape index (κ1) is 13.5. The van der Waals surface area contributed by atoms with Crippen molar-refractivity contribution < 1.29 is 13.5 Å². The van der Waals surface area contributed by atoms with Crippen molar-refractivity contribution in [3.63, 3.8) is 0 Å². The molecule has 106 valence electrons. The van der Waals surface area contributed by atoms with E-state index in [2.05, 4.69) is 0 Å². The maximum absolute atomic E-state index is 12.7. The number of hydrogen-bond donors (Lipinski definition) is 1. The maximum atomic E-state index is 12.7. The highest BCUT2D eigenvalue weighted by Gasteiger charge is 2.34. The molecule has 1 aliphatic rings. The van der Waals surface area contributed by atoms with Crippen molar-refractivity contribution in [2.45, 2.75) is 23.8 Å². The molecule has 0 aliphatic carbocycles. The summed E-state index contributed by atoms with van der Waals surface area (Å²) in [5.41, 5.74) is 0. The Morgan fingerprint density at radius 2 is 1.90 bits per heavy atom. The van der Waals surface area contributed by atoms with E-state index in [4.69, 9.17) is 0 Å². The van der Waals surface area contributed by atoms with E-state index in [0.717, 1.165) is 23.6 Å². The maximum Gasteiger partial charge on any atom is 0.243 e. The molecule has 4 nitrogen and oxygen atoms in total. The summed E-state index contributed by atoms with van der Waals surface area (Å²) in [5, 5.41) is 11.2. The van der Waals surface area contributed by atoms with Crippen LogP contribution in [0.25, 0.3) is 10.8 Å². The zero-order valence-electron chi connectivity index (χ0n) is 11.1. The van der Waals surface area contributed by atoms with Gasteiger partial charge in [-0.1, -0.05) is 30.3 Å². The van der Waals surface area contributed by atoms with Gasteiger partial charge in [0, 0.05) is 12.6 Å². The van der Waals surface area contributed by atoms with E-state index in [1.54, 1.807) is 12.1 Å². The van der Waals surface area contributed by atoms with Crippen LogP contribution in [0.2, 0.25) is 0 Å². The molecule has 0 bridgehead atoms. The molecular weight excluding hydrogens is 274 g/mol. The molecule has 3 rings (SSSR count). The van der Waals surface area contributed by atoms with Gasteiger partial charge < -0.3 is 5.11 Å². The van der Waals surface area contributed by atoms with Crippen LogP contribution in [0.4, 0.5) is 0 Å². The fourth-order valence-corrected chi connectivity index (χ4v) is 4.49. The van der Waals surface area contributed by atoms with Gasteiger partial charge in [-0.05, 0) is 35.7 Å². The zero-order valence-corrected chi connectivity index (χ0v) is 11.9. The van der Waals surface area contributed by atoms with Crippen molar-refractivity contribution in [1.82, 2.24) is 4.31 Å². The van der Waals surface area contributed by atoms with Crippen LogP contribution in [0, 0.1) is 0 Å². The van der Waals surface area contributed by atoms with Gasteiger partial charge in [0.1, 0.15) is 0 Å². The third-order valence-electron chi connectivity index (χ3n) is 3.86. The molecule has 0 amide bonds. The highest BCUT2D eigenvalue weighted by molar-refractivity contribution is 7.89. The monoisotopic (exact) mass is 291 g/mol. The van der Waals surface area contributed by atoms with E-state index in [9.17, 15) is 13.5 Å². The Kier molecular flexibility index (Phi) is 3.50. The second-order valence-electron chi connectivity index (χ2n) is 5.10. The third-order valence-corrected chi connectivity index (χ3v) is 5.81. The first-order valence-corrected chi connectivity index (χ1v) is 8.18. The molecule has 1 atom stereocenters. The number of aliphatic hydroxyl groups excluding tert-OH is 1. The van der Waals surface area contributed by atoms with Crippen molar-refractivity contribution >= 4 is 20.8 Å². The smallest absolute Gasteiger partial charge is 0.243 e. The van der Waals surface area contributed by atoms with E-state index < -0.39 is 10.0 Å². The summed E-state index contributed by atoms with van der Waals surface area (Å²) in [6, 6.07) is 12.6. The Balaban J connectivity index is 2.04. The average Bonchev–Trinajstić information content (AvgIpc) is 2.96. The van der Waals surface area contributed by atoms with Crippen molar-refractivity contribution in [2.24, 2.45) is 0 Å². The second-order valence-corrected chi connectivity index (χ2v) is 6.99. The predicted molar refractivity (Wildman–Crippen MR) is 77.9 cm³/mol. The summed E-state index contributed by atoms with van der Waals surface area (Å²) < 4.78 is 26.8. The SMILES string of the molecule is O=S(=O)(c1ccc2ccccc2c1)N1CCCC1CO. The third kappa shape index (κ3) is 2.22. The number of hydrogen-bond acceptors (Lipinski definition) is 3. The van der Waals surface area contributed by atoms with Crippen LogP contribution in [-0.4, -0.2) is 37.0 Å².